The summed E-state index contributed by atoms with van der Waals surface area (Å²) in [7, 11) is 4.03. The quantitative estimate of drug-likeness (QED) is 0.886. The molecule has 0 spiro atoms. The average molecular weight is 306 g/mol. The van der Waals surface area contributed by atoms with E-state index in [1.54, 1.807) is 0 Å². The lowest BCUT2D eigenvalue weighted by molar-refractivity contribution is 0.519. The summed E-state index contributed by atoms with van der Waals surface area (Å²) in [6.07, 6.45) is 3.14. The van der Waals surface area contributed by atoms with Gasteiger partial charge in [0.25, 0.3) is 0 Å². The maximum absolute atomic E-state index is 6.06. The van der Waals surface area contributed by atoms with E-state index in [0.29, 0.717) is 6.04 Å². The van der Waals surface area contributed by atoms with Crippen LogP contribution >= 0.6 is 11.6 Å². The van der Waals surface area contributed by atoms with E-state index in [4.69, 9.17) is 11.6 Å². The second-order valence-electron chi connectivity index (χ2n) is 5.63. The molecule has 0 aliphatic rings. The lowest BCUT2D eigenvalue weighted by Crippen LogP contribution is -2.28. The lowest BCUT2D eigenvalue weighted by atomic mass is 9.98. The fourth-order valence-corrected chi connectivity index (χ4v) is 3.01. The molecule has 3 nitrogen and oxygen atoms in total. The molecular formula is C17H24ClN3. The third-order valence-electron chi connectivity index (χ3n) is 4.18. The minimum Gasteiger partial charge on any atom is -0.317 e. The highest BCUT2D eigenvalue weighted by Gasteiger charge is 2.13. The Kier molecular flexibility index (Phi) is 5.43. The molecule has 1 N–H and O–H groups in total. The predicted molar refractivity (Wildman–Crippen MR) is 89.0 cm³/mol. The van der Waals surface area contributed by atoms with Crippen LogP contribution in [0.15, 0.2) is 24.3 Å². The summed E-state index contributed by atoms with van der Waals surface area (Å²) in [6.45, 7) is 4.23. The molecule has 0 aliphatic carbocycles. The van der Waals surface area contributed by atoms with E-state index in [-0.39, 0.29) is 0 Å². The fourth-order valence-electron chi connectivity index (χ4n) is 2.79. The van der Waals surface area contributed by atoms with Gasteiger partial charge >= 0.3 is 0 Å². The second-order valence-corrected chi connectivity index (χ2v) is 6.07. The summed E-state index contributed by atoms with van der Waals surface area (Å²) < 4.78 is 1.97. The van der Waals surface area contributed by atoms with E-state index in [2.05, 4.69) is 30.3 Å². The molecule has 1 unspecified atom stereocenters. The zero-order valence-corrected chi connectivity index (χ0v) is 14.0. The van der Waals surface area contributed by atoms with Crippen LogP contribution in [0.2, 0.25) is 5.02 Å². The molecule has 0 amide bonds. The summed E-state index contributed by atoms with van der Waals surface area (Å²) in [4.78, 5) is 0. The number of nitrogens with zero attached hydrogens (tertiary/aromatic N) is 2. The van der Waals surface area contributed by atoms with Gasteiger partial charge in [-0.2, -0.15) is 5.10 Å². The van der Waals surface area contributed by atoms with E-state index in [1.807, 2.05) is 37.0 Å². The molecule has 114 valence electrons. The SMILES string of the molecule is CNC(CCc1c(C)nn(C)c1C)Cc1cccc(Cl)c1. The van der Waals surface area contributed by atoms with Crippen LogP contribution in [0.1, 0.15) is 28.9 Å². The third-order valence-corrected chi connectivity index (χ3v) is 4.42. The number of nitrogens with one attached hydrogen (secondary N) is 1. The van der Waals surface area contributed by atoms with Crippen LogP contribution in [0, 0.1) is 13.8 Å². The van der Waals surface area contributed by atoms with E-state index in [1.165, 1.54) is 16.8 Å². The molecule has 21 heavy (non-hydrogen) atoms. The molecule has 2 aromatic rings. The first kappa shape index (κ1) is 16.1. The summed E-state index contributed by atoms with van der Waals surface area (Å²) in [5.74, 6) is 0. The molecule has 0 radical (unpaired) electrons. The number of rotatable bonds is 6. The predicted octanol–water partition coefficient (Wildman–Crippen LogP) is 3.45. The van der Waals surface area contributed by atoms with Crippen LogP contribution in [0.4, 0.5) is 0 Å². The standard InChI is InChI=1S/C17H24ClN3/c1-12-17(13(2)21(4)20-12)9-8-16(19-3)11-14-6-5-7-15(18)10-14/h5-7,10,16,19H,8-9,11H2,1-4H3. The molecule has 1 aromatic heterocycles. The van der Waals surface area contributed by atoms with Crippen molar-refractivity contribution in [1.29, 1.82) is 0 Å². The maximum atomic E-state index is 6.06. The lowest BCUT2D eigenvalue weighted by Gasteiger charge is -2.16. The largest absolute Gasteiger partial charge is 0.317 e. The highest BCUT2D eigenvalue weighted by atomic mass is 35.5. The van der Waals surface area contributed by atoms with Gasteiger partial charge in [0.15, 0.2) is 0 Å². The maximum Gasteiger partial charge on any atom is 0.0628 e. The Morgan fingerprint density at radius 1 is 1.33 bits per heavy atom. The zero-order chi connectivity index (χ0) is 15.4. The molecular weight excluding hydrogens is 282 g/mol. The van der Waals surface area contributed by atoms with Gasteiger partial charge in [0.1, 0.15) is 0 Å². The number of halogens is 1. The summed E-state index contributed by atoms with van der Waals surface area (Å²) in [5, 5.41) is 8.71. The van der Waals surface area contributed by atoms with Gasteiger partial charge in [0, 0.05) is 23.8 Å². The normalized spacial score (nSPS) is 12.6. The van der Waals surface area contributed by atoms with E-state index in [0.717, 1.165) is 30.0 Å². The van der Waals surface area contributed by atoms with E-state index in [9.17, 15) is 0 Å². The third kappa shape index (κ3) is 4.08. The monoisotopic (exact) mass is 305 g/mol. The van der Waals surface area contributed by atoms with Crippen molar-refractivity contribution in [1.82, 2.24) is 15.1 Å². The number of aryl methyl sites for hydroxylation is 2. The van der Waals surface area contributed by atoms with Gasteiger partial charge in [-0.1, -0.05) is 23.7 Å². The fraction of sp³-hybridized carbons (Fsp3) is 0.471. The summed E-state index contributed by atoms with van der Waals surface area (Å²) >= 11 is 6.06. The molecule has 0 saturated carbocycles. The van der Waals surface area contributed by atoms with Crippen LogP contribution in [-0.2, 0) is 19.9 Å². The summed E-state index contributed by atoms with van der Waals surface area (Å²) in [5.41, 5.74) is 5.07. The van der Waals surface area contributed by atoms with Gasteiger partial charge in [-0.15, -0.1) is 0 Å². The molecule has 0 fully saturated rings. The molecule has 1 heterocycles. The highest BCUT2D eigenvalue weighted by Crippen LogP contribution is 2.17. The Labute approximate surface area is 132 Å². The van der Waals surface area contributed by atoms with Crippen LogP contribution < -0.4 is 5.32 Å². The van der Waals surface area contributed by atoms with E-state index < -0.39 is 0 Å². The van der Waals surface area contributed by atoms with Crippen molar-refractivity contribution in [2.24, 2.45) is 7.05 Å². The van der Waals surface area contributed by atoms with Crippen molar-refractivity contribution in [2.75, 3.05) is 7.05 Å². The van der Waals surface area contributed by atoms with Crippen LogP contribution in [0.3, 0.4) is 0 Å². The van der Waals surface area contributed by atoms with Crippen LogP contribution in [-0.4, -0.2) is 22.9 Å². The Morgan fingerprint density at radius 3 is 2.67 bits per heavy atom. The van der Waals surface area contributed by atoms with Crippen molar-refractivity contribution >= 4 is 11.6 Å². The molecule has 2 rings (SSSR count). The Hall–Kier alpha value is -1.32. The van der Waals surface area contributed by atoms with Crippen LogP contribution in [0.5, 0.6) is 0 Å². The molecule has 4 heteroatoms. The Morgan fingerprint density at radius 2 is 2.10 bits per heavy atom. The second kappa shape index (κ2) is 7.10. The van der Waals surface area contributed by atoms with Crippen molar-refractivity contribution < 1.29 is 0 Å². The zero-order valence-electron chi connectivity index (χ0n) is 13.3. The molecule has 0 saturated heterocycles. The van der Waals surface area contributed by atoms with Gasteiger partial charge < -0.3 is 5.32 Å². The number of hydrogen-bond acceptors (Lipinski definition) is 2. The van der Waals surface area contributed by atoms with Crippen molar-refractivity contribution in [3.63, 3.8) is 0 Å². The first-order valence-corrected chi connectivity index (χ1v) is 7.80. The topological polar surface area (TPSA) is 29.9 Å². The van der Waals surface area contributed by atoms with Crippen molar-refractivity contribution in [3.8, 4) is 0 Å². The Bertz CT molecular complexity index is 604. The van der Waals surface area contributed by atoms with Gasteiger partial charge in [0.2, 0.25) is 0 Å². The number of likely N-dealkylation sites (N-methyl/N-ethyl adjacent to an activating group) is 1. The first-order valence-electron chi connectivity index (χ1n) is 7.42. The molecule has 0 bridgehead atoms. The highest BCUT2D eigenvalue weighted by molar-refractivity contribution is 6.30. The van der Waals surface area contributed by atoms with Crippen molar-refractivity contribution in [3.05, 3.63) is 51.8 Å². The minimum atomic E-state index is 0.447. The van der Waals surface area contributed by atoms with Crippen molar-refractivity contribution in [2.45, 2.75) is 39.2 Å². The smallest absolute Gasteiger partial charge is 0.0628 e. The number of benzene rings is 1. The van der Waals surface area contributed by atoms with Crippen LogP contribution in [0.25, 0.3) is 0 Å². The minimum absolute atomic E-state index is 0.447. The van der Waals surface area contributed by atoms with Gasteiger partial charge in [-0.25, -0.2) is 0 Å². The summed E-state index contributed by atoms with van der Waals surface area (Å²) in [6, 6.07) is 8.56. The Balaban J connectivity index is 1.99. The van der Waals surface area contributed by atoms with Gasteiger partial charge in [-0.3, -0.25) is 4.68 Å². The van der Waals surface area contributed by atoms with Gasteiger partial charge in [-0.05, 0) is 63.4 Å². The van der Waals surface area contributed by atoms with Gasteiger partial charge in [0.05, 0.1) is 5.69 Å². The average Bonchev–Trinajstić information content (AvgIpc) is 2.69. The first-order chi connectivity index (χ1) is 10.0. The van der Waals surface area contributed by atoms with E-state index >= 15 is 0 Å². The molecule has 1 atom stereocenters. The number of hydrogen-bond donors (Lipinski definition) is 1. The number of aromatic nitrogens is 2. The molecule has 1 aromatic carbocycles. The molecule has 0 aliphatic heterocycles.